The van der Waals surface area contributed by atoms with Crippen molar-refractivity contribution < 1.29 is 4.74 Å². The minimum atomic E-state index is 0.0753. The summed E-state index contributed by atoms with van der Waals surface area (Å²) in [5.41, 5.74) is 7.54. The van der Waals surface area contributed by atoms with E-state index >= 15 is 0 Å². The zero-order valence-electron chi connectivity index (χ0n) is 13.6. The Morgan fingerprint density at radius 1 is 1.29 bits per heavy atom. The standard InChI is InChI=1S/C17H29N3O/c1-4-20(5-2)15-10-11-19(12-15)13-17(18)14-6-8-16(21-3)9-7-14/h6-9,15,17H,4-5,10-13,18H2,1-3H3. The Bertz CT molecular complexity index is 417. The minimum Gasteiger partial charge on any atom is -0.497 e. The molecule has 1 heterocycles. The van der Waals surface area contributed by atoms with E-state index in [0.717, 1.165) is 38.5 Å². The molecule has 1 aliphatic rings. The van der Waals surface area contributed by atoms with E-state index in [1.54, 1.807) is 7.11 Å². The summed E-state index contributed by atoms with van der Waals surface area (Å²) in [4.78, 5) is 5.05. The van der Waals surface area contributed by atoms with Gasteiger partial charge in [-0.15, -0.1) is 0 Å². The molecule has 118 valence electrons. The average Bonchev–Trinajstić information content (AvgIpc) is 2.97. The molecule has 2 atom stereocenters. The van der Waals surface area contributed by atoms with E-state index in [0.29, 0.717) is 6.04 Å². The van der Waals surface area contributed by atoms with Gasteiger partial charge in [0, 0.05) is 25.2 Å². The summed E-state index contributed by atoms with van der Waals surface area (Å²) in [7, 11) is 1.69. The maximum atomic E-state index is 6.36. The molecule has 2 N–H and O–H groups in total. The normalized spacial score (nSPS) is 20.9. The molecule has 0 bridgehead atoms. The highest BCUT2D eigenvalue weighted by molar-refractivity contribution is 5.29. The van der Waals surface area contributed by atoms with Crippen LogP contribution in [0.4, 0.5) is 0 Å². The molecule has 0 aromatic heterocycles. The first-order valence-electron chi connectivity index (χ1n) is 8.03. The van der Waals surface area contributed by atoms with Gasteiger partial charge in [0.2, 0.25) is 0 Å². The molecule has 1 saturated heterocycles. The first-order valence-corrected chi connectivity index (χ1v) is 8.03. The molecule has 4 nitrogen and oxygen atoms in total. The maximum absolute atomic E-state index is 6.36. The van der Waals surface area contributed by atoms with Crippen molar-refractivity contribution in [2.24, 2.45) is 5.73 Å². The summed E-state index contributed by atoms with van der Waals surface area (Å²) in [5, 5.41) is 0. The fourth-order valence-corrected chi connectivity index (χ4v) is 3.25. The van der Waals surface area contributed by atoms with Crippen molar-refractivity contribution in [1.82, 2.24) is 9.80 Å². The predicted octanol–water partition coefficient (Wildman–Crippen LogP) is 2.11. The number of ether oxygens (including phenoxy) is 1. The smallest absolute Gasteiger partial charge is 0.118 e. The molecule has 0 spiro atoms. The van der Waals surface area contributed by atoms with Crippen LogP contribution in [0.2, 0.25) is 0 Å². The van der Waals surface area contributed by atoms with Crippen LogP contribution in [0, 0.1) is 0 Å². The van der Waals surface area contributed by atoms with Crippen LogP contribution < -0.4 is 10.5 Å². The quantitative estimate of drug-likeness (QED) is 0.835. The Morgan fingerprint density at radius 3 is 2.52 bits per heavy atom. The van der Waals surface area contributed by atoms with Gasteiger partial charge in [-0.1, -0.05) is 26.0 Å². The lowest BCUT2D eigenvalue weighted by Gasteiger charge is -2.27. The maximum Gasteiger partial charge on any atom is 0.118 e. The Hall–Kier alpha value is -1.10. The van der Waals surface area contributed by atoms with Gasteiger partial charge in [-0.3, -0.25) is 9.80 Å². The number of likely N-dealkylation sites (tertiary alicyclic amines) is 1. The van der Waals surface area contributed by atoms with Gasteiger partial charge in [-0.05, 0) is 43.8 Å². The monoisotopic (exact) mass is 291 g/mol. The molecule has 1 aromatic rings. The molecule has 0 saturated carbocycles. The number of hydrogen-bond donors (Lipinski definition) is 1. The summed E-state index contributed by atoms with van der Waals surface area (Å²) in [6.07, 6.45) is 1.26. The Kier molecular flexibility index (Phi) is 6.03. The number of benzene rings is 1. The SMILES string of the molecule is CCN(CC)C1CCN(CC(N)c2ccc(OC)cc2)C1. The predicted molar refractivity (Wildman–Crippen MR) is 87.7 cm³/mol. The Labute approximate surface area is 128 Å². The zero-order valence-corrected chi connectivity index (χ0v) is 13.6. The van der Waals surface area contributed by atoms with Crippen molar-refractivity contribution >= 4 is 0 Å². The second kappa shape index (κ2) is 7.78. The number of hydrogen-bond acceptors (Lipinski definition) is 4. The fourth-order valence-electron chi connectivity index (χ4n) is 3.25. The van der Waals surface area contributed by atoms with E-state index < -0.39 is 0 Å². The lowest BCUT2D eigenvalue weighted by Crippen LogP contribution is -2.38. The van der Waals surface area contributed by atoms with Gasteiger partial charge in [0.25, 0.3) is 0 Å². The molecular formula is C17H29N3O. The average molecular weight is 291 g/mol. The third kappa shape index (κ3) is 4.19. The van der Waals surface area contributed by atoms with Gasteiger partial charge in [-0.25, -0.2) is 0 Å². The summed E-state index contributed by atoms with van der Waals surface area (Å²) in [6.45, 7) is 10.0. The fraction of sp³-hybridized carbons (Fsp3) is 0.647. The van der Waals surface area contributed by atoms with E-state index in [1.807, 2.05) is 12.1 Å². The van der Waals surface area contributed by atoms with Crippen LogP contribution in [0.5, 0.6) is 5.75 Å². The highest BCUT2D eigenvalue weighted by Crippen LogP contribution is 2.20. The van der Waals surface area contributed by atoms with Crippen LogP contribution in [0.3, 0.4) is 0 Å². The molecule has 0 aliphatic carbocycles. The van der Waals surface area contributed by atoms with Gasteiger partial charge >= 0.3 is 0 Å². The molecule has 2 rings (SSSR count). The van der Waals surface area contributed by atoms with Crippen molar-refractivity contribution in [3.8, 4) is 5.75 Å². The van der Waals surface area contributed by atoms with Gasteiger partial charge in [0.05, 0.1) is 7.11 Å². The molecule has 4 heteroatoms. The van der Waals surface area contributed by atoms with Crippen LogP contribution in [-0.4, -0.2) is 55.7 Å². The van der Waals surface area contributed by atoms with E-state index in [4.69, 9.17) is 10.5 Å². The number of methoxy groups -OCH3 is 1. The molecule has 0 radical (unpaired) electrons. The molecular weight excluding hydrogens is 262 g/mol. The third-order valence-electron chi connectivity index (χ3n) is 4.58. The molecule has 21 heavy (non-hydrogen) atoms. The highest BCUT2D eigenvalue weighted by atomic mass is 16.5. The van der Waals surface area contributed by atoms with Crippen molar-refractivity contribution in [3.05, 3.63) is 29.8 Å². The molecule has 2 unspecified atom stereocenters. The van der Waals surface area contributed by atoms with Gasteiger partial charge < -0.3 is 10.5 Å². The molecule has 1 aromatic carbocycles. The summed E-state index contributed by atoms with van der Waals surface area (Å²) in [6, 6.07) is 8.88. The van der Waals surface area contributed by atoms with Crippen LogP contribution in [0.1, 0.15) is 31.9 Å². The van der Waals surface area contributed by atoms with Crippen LogP contribution >= 0.6 is 0 Å². The minimum absolute atomic E-state index is 0.0753. The number of nitrogens with zero attached hydrogens (tertiary/aromatic N) is 2. The topological polar surface area (TPSA) is 41.7 Å². The third-order valence-corrected chi connectivity index (χ3v) is 4.58. The van der Waals surface area contributed by atoms with Crippen molar-refractivity contribution in [2.75, 3.05) is 39.8 Å². The van der Waals surface area contributed by atoms with Gasteiger partial charge in [-0.2, -0.15) is 0 Å². The lowest BCUT2D eigenvalue weighted by molar-refractivity contribution is 0.208. The summed E-state index contributed by atoms with van der Waals surface area (Å²) >= 11 is 0. The van der Waals surface area contributed by atoms with E-state index in [-0.39, 0.29) is 6.04 Å². The van der Waals surface area contributed by atoms with E-state index in [9.17, 15) is 0 Å². The van der Waals surface area contributed by atoms with Crippen molar-refractivity contribution in [3.63, 3.8) is 0 Å². The van der Waals surface area contributed by atoms with Gasteiger partial charge in [0.1, 0.15) is 5.75 Å². The summed E-state index contributed by atoms with van der Waals surface area (Å²) in [5.74, 6) is 0.883. The number of rotatable bonds is 7. The Morgan fingerprint density at radius 2 is 1.95 bits per heavy atom. The zero-order chi connectivity index (χ0) is 15.2. The summed E-state index contributed by atoms with van der Waals surface area (Å²) < 4.78 is 5.19. The number of likely N-dealkylation sites (N-methyl/N-ethyl adjacent to an activating group) is 1. The number of nitrogens with two attached hydrogens (primary N) is 1. The first kappa shape index (κ1) is 16.3. The molecule has 1 aliphatic heterocycles. The Balaban J connectivity index is 1.87. The first-order chi connectivity index (χ1) is 10.2. The van der Waals surface area contributed by atoms with Gasteiger partial charge in [0.15, 0.2) is 0 Å². The van der Waals surface area contributed by atoms with Crippen molar-refractivity contribution in [1.29, 1.82) is 0 Å². The molecule has 0 amide bonds. The van der Waals surface area contributed by atoms with Crippen LogP contribution in [0.15, 0.2) is 24.3 Å². The second-order valence-corrected chi connectivity index (χ2v) is 5.80. The van der Waals surface area contributed by atoms with E-state index in [1.165, 1.54) is 12.0 Å². The second-order valence-electron chi connectivity index (χ2n) is 5.80. The molecule has 1 fully saturated rings. The van der Waals surface area contributed by atoms with Crippen LogP contribution in [-0.2, 0) is 0 Å². The lowest BCUT2D eigenvalue weighted by atomic mass is 10.1. The van der Waals surface area contributed by atoms with Crippen molar-refractivity contribution in [2.45, 2.75) is 32.4 Å². The van der Waals surface area contributed by atoms with E-state index in [2.05, 4.69) is 35.8 Å². The largest absolute Gasteiger partial charge is 0.497 e. The highest BCUT2D eigenvalue weighted by Gasteiger charge is 2.27. The van der Waals surface area contributed by atoms with Crippen LogP contribution in [0.25, 0.3) is 0 Å².